The fraction of sp³-hybridized carbons (Fsp3) is 0.167. The molecule has 0 aliphatic carbocycles. The SMILES string of the molecule is Cc1ccoc1C(N)c1ccc(Br)cc1. The molecular weight excluding hydrogens is 254 g/mol. The fourth-order valence-electron chi connectivity index (χ4n) is 1.52. The van der Waals surface area contributed by atoms with Crippen LogP contribution in [0.1, 0.15) is 22.9 Å². The van der Waals surface area contributed by atoms with Crippen LogP contribution in [0.15, 0.2) is 45.5 Å². The summed E-state index contributed by atoms with van der Waals surface area (Å²) in [7, 11) is 0. The lowest BCUT2D eigenvalue weighted by atomic mass is 10.0. The molecule has 3 heteroatoms. The number of halogens is 1. The lowest BCUT2D eigenvalue weighted by molar-refractivity contribution is 0.487. The molecule has 0 saturated carbocycles. The van der Waals surface area contributed by atoms with Gasteiger partial charge in [-0.1, -0.05) is 28.1 Å². The van der Waals surface area contributed by atoms with E-state index in [1.165, 1.54) is 0 Å². The summed E-state index contributed by atoms with van der Waals surface area (Å²) in [6.07, 6.45) is 1.67. The van der Waals surface area contributed by atoms with Crippen molar-refractivity contribution in [3.63, 3.8) is 0 Å². The Kier molecular flexibility index (Phi) is 2.93. The number of hydrogen-bond acceptors (Lipinski definition) is 2. The van der Waals surface area contributed by atoms with Gasteiger partial charge < -0.3 is 10.2 Å². The molecule has 2 N–H and O–H groups in total. The van der Waals surface area contributed by atoms with E-state index in [-0.39, 0.29) is 6.04 Å². The molecule has 0 aliphatic heterocycles. The molecule has 2 aromatic rings. The molecule has 0 amide bonds. The third-order valence-corrected chi connectivity index (χ3v) is 2.94. The van der Waals surface area contributed by atoms with Gasteiger partial charge in [-0.15, -0.1) is 0 Å². The van der Waals surface area contributed by atoms with Gasteiger partial charge in [0, 0.05) is 4.47 Å². The molecule has 0 spiro atoms. The van der Waals surface area contributed by atoms with Gasteiger partial charge in [0.1, 0.15) is 5.76 Å². The topological polar surface area (TPSA) is 39.2 Å². The van der Waals surface area contributed by atoms with Gasteiger partial charge >= 0.3 is 0 Å². The normalized spacial score (nSPS) is 12.7. The van der Waals surface area contributed by atoms with E-state index >= 15 is 0 Å². The van der Waals surface area contributed by atoms with Crippen molar-refractivity contribution in [2.75, 3.05) is 0 Å². The number of rotatable bonds is 2. The average molecular weight is 266 g/mol. The van der Waals surface area contributed by atoms with E-state index in [0.717, 1.165) is 21.4 Å². The zero-order valence-corrected chi connectivity index (χ0v) is 9.99. The molecule has 1 atom stereocenters. The van der Waals surface area contributed by atoms with E-state index < -0.39 is 0 Å². The van der Waals surface area contributed by atoms with Gasteiger partial charge in [-0.2, -0.15) is 0 Å². The van der Waals surface area contributed by atoms with Crippen LogP contribution in [0.3, 0.4) is 0 Å². The lowest BCUT2D eigenvalue weighted by Gasteiger charge is -2.10. The first-order chi connectivity index (χ1) is 7.18. The Morgan fingerprint density at radius 1 is 1.20 bits per heavy atom. The van der Waals surface area contributed by atoms with Gasteiger partial charge in [-0.3, -0.25) is 0 Å². The molecule has 1 aromatic heterocycles. The number of nitrogens with two attached hydrogens (primary N) is 1. The van der Waals surface area contributed by atoms with Crippen molar-refractivity contribution in [3.05, 3.63) is 58.0 Å². The van der Waals surface area contributed by atoms with Crippen molar-refractivity contribution < 1.29 is 4.42 Å². The van der Waals surface area contributed by atoms with Gasteiger partial charge in [0.15, 0.2) is 0 Å². The molecule has 78 valence electrons. The van der Waals surface area contributed by atoms with Gasteiger partial charge in [0.05, 0.1) is 12.3 Å². The molecular formula is C12H12BrNO. The molecule has 0 aliphatic rings. The van der Waals surface area contributed by atoms with Gasteiger partial charge in [-0.05, 0) is 36.2 Å². The van der Waals surface area contributed by atoms with Gasteiger partial charge in [0.2, 0.25) is 0 Å². The van der Waals surface area contributed by atoms with E-state index in [4.69, 9.17) is 10.2 Å². The second kappa shape index (κ2) is 4.21. The summed E-state index contributed by atoms with van der Waals surface area (Å²) in [5, 5.41) is 0. The zero-order valence-electron chi connectivity index (χ0n) is 8.41. The first-order valence-electron chi connectivity index (χ1n) is 4.73. The Bertz CT molecular complexity index is 447. The number of benzene rings is 1. The number of hydrogen-bond donors (Lipinski definition) is 1. The summed E-state index contributed by atoms with van der Waals surface area (Å²) in [6, 6.07) is 9.69. The van der Waals surface area contributed by atoms with Crippen molar-refractivity contribution in [3.8, 4) is 0 Å². The Morgan fingerprint density at radius 3 is 2.40 bits per heavy atom. The van der Waals surface area contributed by atoms with Crippen molar-refractivity contribution in [1.29, 1.82) is 0 Å². The minimum atomic E-state index is -0.187. The highest BCUT2D eigenvalue weighted by Crippen LogP contribution is 2.24. The minimum Gasteiger partial charge on any atom is -0.467 e. The van der Waals surface area contributed by atoms with Crippen molar-refractivity contribution in [1.82, 2.24) is 0 Å². The third kappa shape index (κ3) is 2.13. The molecule has 1 aromatic carbocycles. The second-order valence-corrected chi connectivity index (χ2v) is 4.41. The van der Waals surface area contributed by atoms with E-state index in [1.54, 1.807) is 6.26 Å². The Hall–Kier alpha value is -1.06. The standard InChI is InChI=1S/C12H12BrNO/c1-8-6-7-15-12(8)11(14)9-2-4-10(13)5-3-9/h2-7,11H,14H2,1H3. The van der Waals surface area contributed by atoms with Gasteiger partial charge in [-0.25, -0.2) is 0 Å². The Morgan fingerprint density at radius 2 is 1.87 bits per heavy atom. The maximum Gasteiger partial charge on any atom is 0.127 e. The van der Waals surface area contributed by atoms with E-state index in [9.17, 15) is 0 Å². The molecule has 0 bridgehead atoms. The summed E-state index contributed by atoms with van der Waals surface area (Å²) >= 11 is 3.39. The summed E-state index contributed by atoms with van der Waals surface area (Å²) in [5.41, 5.74) is 8.24. The van der Waals surface area contributed by atoms with Crippen molar-refractivity contribution in [2.24, 2.45) is 5.73 Å². The molecule has 1 unspecified atom stereocenters. The van der Waals surface area contributed by atoms with Crippen LogP contribution in [-0.2, 0) is 0 Å². The van der Waals surface area contributed by atoms with E-state index in [1.807, 2.05) is 37.3 Å². The molecule has 15 heavy (non-hydrogen) atoms. The number of furan rings is 1. The maximum atomic E-state index is 6.10. The largest absolute Gasteiger partial charge is 0.467 e. The average Bonchev–Trinajstić information content (AvgIpc) is 2.65. The molecule has 0 saturated heterocycles. The summed E-state index contributed by atoms with van der Waals surface area (Å²) in [4.78, 5) is 0. The molecule has 0 radical (unpaired) electrons. The monoisotopic (exact) mass is 265 g/mol. The lowest BCUT2D eigenvalue weighted by Crippen LogP contribution is -2.11. The predicted octanol–water partition coefficient (Wildman–Crippen LogP) is 3.40. The molecule has 0 fully saturated rings. The fourth-order valence-corrected chi connectivity index (χ4v) is 1.79. The van der Waals surface area contributed by atoms with Crippen LogP contribution in [0, 0.1) is 6.92 Å². The Balaban J connectivity index is 2.32. The Labute approximate surface area is 97.2 Å². The van der Waals surface area contributed by atoms with Crippen LogP contribution in [0.4, 0.5) is 0 Å². The van der Waals surface area contributed by atoms with Crippen LogP contribution in [-0.4, -0.2) is 0 Å². The quantitative estimate of drug-likeness (QED) is 0.904. The highest BCUT2D eigenvalue weighted by Gasteiger charge is 2.14. The first-order valence-corrected chi connectivity index (χ1v) is 5.53. The summed E-state index contributed by atoms with van der Waals surface area (Å²) in [6.45, 7) is 2.00. The van der Waals surface area contributed by atoms with E-state index in [2.05, 4.69) is 15.9 Å². The van der Waals surface area contributed by atoms with E-state index in [0.29, 0.717) is 0 Å². The highest BCUT2D eigenvalue weighted by molar-refractivity contribution is 9.10. The van der Waals surface area contributed by atoms with Gasteiger partial charge in [0.25, 0.3) is 0 Å². The van der Waals surface area contributed by atoms with Crippen molar-refractivity contribution in [2.45, 2.75) is 13.0 Å². The summed E-state index contributed by atoms with van der Waals surface area (Å²) < 4.78 is 6.42. The predicted molar refractivity (Wildman–Crippen MR) is 63.6 cm³/mol. The number of aryl methyl sites for hydroxylation is 1. The summed E-state index contributed by atoms with van der Waals surface area (Å²) in [5.74, 6) is 0.831. The second-order valence-electron chi connectivity index (χ2n) is 3.50. The van der Waals surface area contributed by atoms with Crippen LogP contribution < -0.4 is 5.73 Å². The third-order valence-electron chi connectivity index (χ3n) is 2.41. The molecule has 2 rings (SSSR count). The first kappa shape index (κ1) is 10.5. The van der Waals surface area contributed by atoms with Crippen LogP contribution >= 0.6 is 15.9 Å². The minimum absolute atomic E-state index is 0.187. The van der Waals surface area contributed by atoms with Crippen LogP contribution in [0.2, 0.25) is 0 Å². The zero-order chi connectivity index (χ0) is 10.8. The maximum absolute atomic E-state index is 6.10. The highest BCUT2D eigenvalue weighted by atomic mass is 79.9. The van der Waals surface area contributed by atoms with Crippen molar-refractivity contribution >= 4 is 15.9 Å². The molecule has 1 heterocycles. The molecule has 2 nitrogen and oxygen atoms in total. The van der Waals surface area contributed by atoms with Crippen LogP contribution in [0.5, 0.6) is 0 Å². The smallest absolute Gasteiger partial charge is 0.127 e. The van der Waals surface area contributed by atoms with Crippen LogP contribution in [0.25, 0.3) is 0 Å².